The van der Waals surface area contributed by atoms with E-state index in [4.69, 9.17) is 9.47 Å². The van der Waals surface area contributed by atoms with Gasteiger partial charge >= 0.3 is 0 Å². The number of ether oxygens (including phenoxy) is 2. The monoisotopic (exact) mass is 264 g/mol. The van der Waals surface area contributed by atoms with Gasteiger partial charge in [0.1, 0.15) is 13.2 Å². The Morgan fingerprint density at radius 3 is 3.05 bits per heavy atom. The van der Waals surface area contributed by atoms with Crippen LogP contribution in [0.5, 0.6) is 11.5 Å². The van der Waals surface area contributed by atoms with E-state index in [1.807, 2.05) is 6.07 Å². The Morgan fingerprint density at radius 1 is 1.32 bits per heavy atom. The molecule has 0 amide bonds. The fourth-order valence-electron chi connectivity index (χ4n) is 2.70. The first-order chi connectivity index (χ1) is 9.42. The Morgan fingerprint density at radius 2 is 2.21 bits per heavy atom. The van der Waals surface area contributed by atoms with Crippen LogP contribution in [0.2, 0.25) is 0 Å². The Bertz CT molecular complexity index is 419. The molecule has 1 aromatic rings. The first-order valence-corrected chi connectivity index (χ1v) is 7.19. The molecule has 3 rings (SSSR count). The molecule has 0 saturated carbocycles. The molecule has 5 heteroatoms. The van der Waals surface area contributed by atoms with Gasteiger partial charge in [0, 0.05) is 25.1 Å². The lowest BCUT2D eigenvalue weighted by Crippen LogP contribution is -2.87. The van der Waals surface area contributed by atoms with E-state index in [2.05, 4.69) is 15.6 Å². The minimum absolute atomic E-state index is 0.616. The van der Waals surface area contributed by atoms with Crippen molar-refractivity contribution in [3.05, 3.63) is 18.0 Å². The molecule has 1 saturated heterocycles. The van der Waals surface area contributed by atoms with E-state index in [0.29, 0.717) is 13.2 Å². The van der Waals surface area contributed by atoms with Crippen molar-refractivity contribution in [2.24, 2.45) is 5.92 Å². The van der Waals surface area contributed by atoms with Gasteiger partial charge in [-0.2, -0.15) is 0 Å². The standard InChI is InChI=1S/C14H21N3O2/c1-2-11(7-15-3-1)8-16-9-12-6-13-14(10-17-12)19-5-4-18-13/h6,10-11,15-16H,1-5,7-9H2/p+1. The molecule has 0 aromatic carbocycles. The van der Waals surface area contributed by atoms with Crippen molar-refractivity contribution in [2.45, 2.75) is 19.4 Å². The van der Waals surface area contributed by atoms with Crippen LogP contribution in [0.1, 0.15) is 18.5 Å². The molecule has 104 valence electrons. The number of nitrogens with one attached hydrogen (secondary N) is 1. The minimum atomic E-state index is 0.616. The van der Waals surface area contributed by atoms with Crippen molar-refractivity contribution in [3.63, 3.8) is 0 Å². The van der Waals surface area contributed by atoms with Crippen LogP contribution in [0.15, 0.2) is 12.3 Å². The number of hydrogen-bond acceptors (Lipinski definition) is 4. The predicted octanol–water partition coefficient (Wildman–Crippen LogP) is -0.0842. The maximum Gasteiger partial charge on any atom is 0.179 e. The summed E-state index contributed by atoms with van der Waals surface area (Å²) in [4.78, 5) is 4.40. The van der Waals surface area contributed by atoms with Crippen LogP contribution in [0.25, 0.3) is 0 Å². The van der Waals surface area contributed by atoms with Crippen LogP contribution in [0, 0.1) is 5.92 Å². The maximum atomic E-state index is 5.56. The Kier molecular flexibility index (Phi) is 4.15. The summed E-state index contributed by atoms with van der Waals surface area (Å²) in [6.45, 7) is 5.66. The second-order valence-electron chi connectivity index (χ2n) is 5.27. The zero-order valence-electron chi connectivity index (χ0n) is 11.2. The summed E-state index contributed by atoms with van der Waals surface area (Å²) in [5, 5.41) is 5.91. The number of piperidine rings is 1. The molecule has 2 aliphatic heterocycles. The number of hydrogen-bond donors (Lipinski definition) is 2. The summed E-state index contributed by atoms with van der Waals surface area (Å²) < 4.78 is 11.0. The third-order valence-corrected chi connectivity index (χ3v) is 3.75. The van der Waals surface area contributed by atoms with Crippen LogP contribution in [-0.4, -0.2) is 37.8 Å². The van der Waals surface area contributed by atoms with Crippen LogP contribution in [0.3, 0.4) is 0 Å². The lowest BCUT2D eigenvalue weighted by molar-refractivity contribution is -0.668. The number of aromatic nitrogens is 1. The third kappa shape index (κ3) is 3.36. The molecular formula is C14H22N3O2+. The fraction of sp³-hybridized carbons (Fsp3) is 0.643. The quantitative estimate of drug-likeness (QED) is 0.798. The highest BCUT2D eigenvalue weighted by atomic mass is 16.6. The molecule has 2 aliphatic rings. The van der Waals surface area contributed by atoms with Crippen molar-refractivity contribution >= 4 is 0 Å². The van der Waals surface area contributed by atoms with Gasteiger partial charge in [-0.25, -0.2) is 0 Å². The zero-order valence-corrected chi connectivity index (χ0v) is 11.2. The number of rotatable bonds is 4. The van der Waals surface area contributed by atoms with Crippen LogP contribution in [-0.2, 0) is 6.54 Å². The predicted molar refractivity (Wildman–Crippen MR) is 71.3 cm³/mol. The normalized spacial score (nSPS) is 22.2. The Balaban J connectivity index is 1.49. The van der Waals surface area contributed by atoms with Gasteiger partial charge in [0.05, 0.1) is 25.0 Å². The van der Waals surface area contributed by atoms with E-state index in [1.54, 1.807) is 6.20 Å². The van der Waals surface area contributed by atoms with Gasteiger partial charge in [-0.05, 0) is 12.8 Å². The molecule has 0 radical (unpaired) electrons. The first-order valence-electron chi connectivity index (χ1n) is 7.19. The van der Waals surface area contributed by atoms with Crippen molar-refractivity contribution in [3.8, 4) is 11.5 Å². The summed E-state index contributed by atoms with van der Waals surface area (Å²) >= 11 is 0. The van der Waals surface area contributed by atoms with E-state index >= 15 is 0 Å². The van der Waals surface area contributed by atoms with Crippen molar-refractivity contribution < 1.29 is 14.8 Å². The SMILES string of the molecule is c1nc(CNCC2CCC[NH2+]C2)cc2c1OCCO2. The van der Waals surface area contributed by atoms with Gasteiger partial charge < -0.3 is 20.1 Å². The molecule has 1 fully saturated rings. The second-order valence-corrected chi connectivity index (χ2v) is 5.27. The number of nitrogens with zero attached hydrogens (tertiary/aromatic N) is 1. The topological polar surface area (TPSA) is 60.0 Å². The number of quaternary nitrogens is 1. The molecule has 1 aromatic heterocycles. The average molecular weight is 264 g/mol. The Labute approximate surface area is 113 Å². The summed E-state index contributed by atoms with van der Waals surface area (Å²) in [6.07, 6.45) is 4.45. The van der Waals surface area contributed by atoms with Crippen LogP contribution in [0.4, 0.5) is 0 Å². The molecule has 0 spiro atoms. The van der Waals surface area contributed by atoms with Crippen molar-refractivity contribution in [2.75, 3.05) is 32.8 Å². The van der Waals surface area contributed by atoms with E-state index in [-0.39, 0.29) is 0 Å². The van der Waals surface area contributed by atoms with E-state index in [1.165, 1.54) is 25.9 Å². The zero-order chi connectivity index (χ0) is 12.9. The van der Waals surface area contributed by atoms with Crippen LogP contribution >= 0.6 is 0 Å². The molecule has 19 heavy (non-hydrogen) atoms. The highest BCUT2D eigenvalue weighted by molar-refractivity contribution is 5.39. The minimum Gasteiger partial charge on any atom is -0.486 e. The first kappa shape index (κ1) is 12.7. The summed E-state index contributed by atoms with van der Waals surface area (Å²) in [5.74, 6) is 2.38. The second kappa shape index (κ2) is 6.21. The molecule has 0 bridgehead atoms. The molecule has 1 unspecified atom stereocenters. The summed E-state index contributed by atoms with van der Waals surface area (Å²) in [7, 11) is 0. The van der Waals surface area contributed by atoms with Gasteiger partial charge in [0.2, 0.25) is 0 Å². The summed E-state index contributed by atoms with van der Waals surface area (Å²) in [6, 6.07) is 1.98. The van der Waals surface area contributed by atoms with Gasteiger partial charge in [-0.15, -0.1) is 0 Å². The van der Waals surface area contributed by atoms with E-state index in [9.17, 15) is 0 Å². The lowest BCUT2D eigenvalue weighted by Gasteiger charge is -2.21. The molecule has 3 N–H and O–H groups in total. The van der Waals surface area contributed by atoms with Crippen molar-refractivity contribution in [1.29, 1.82) is 0 Å². The molecular weight excluding hydrogens is 242 g/mol. The van der Waals surface area contributed by atoms with Gasteiger partial charge in [-0.1, -0.05) is 0 Å². The average Bonchev–Trinajstić information content (AvgIpc) is 2.48. The van der Waals surface area contributed by atoms with Crippen LogP contribution < -0.4 is 20.1 Å². The van der Waals surface area contributed by atoms with E-state index in [0.717, 1.165) is 36.2 Å². The molecule has 5 nitrogen and oxygen atoms in total. The molecule has 0 aliphatic carbocycles. The largest absolute Gasteiger partial charge is 0.486 e. The number of pyridine rings is 1. The Hall–Kier alpha value is -1.33. The van der Waals surface area contributed by atoms with Crippen molar-refractivity contribution in [1.82, 2.24) is 10.3 Å². The lowest BCUT2D eigenvalue weighted by atomic mass is 10.00. The third-order valence-electron chi connectivity index (χ3n) is 3.75. The van der Waals surface area contributed by atoms with Gasteiger partial charge in [0.25, 0.3) is 0 Å². The molecule has 3 heterocycles. The smallest absolute Gasteiger partial charge is 0.179 e. The maximum absolute atomic E-state index is 5.56. The number of fused-ring (bicyclic) bond motifs is 1. The summed E-state index contributed by atoms with van der Waals surface area (Å²) in [5.41, 5.74) is 1.02. The van der Waals surface area contributed by atoms with Gasteiger partial charge in [0.15, 0.2) is 11.5 Å². The van der Waals surface area contributed by atoms with E-state index < -0.39 is 0 Å². The highest BCUT2D eigenvalue weighted by Gasteiger charge is 2.16. The van der Waals surface area contributed by atoms with Gasteiger partial charge in [-0.3, -0.25) is 4.98 Å². The number of nitrogens with two attached hydrogens (primary N) is 1. The highest BCUT2D eigenvalue weighted by Crippen LogP contribution is 2.29. The molecule has 1 atom stereocenters. The fourth-order valence-corrected chi connectivity index (χ4v) is 2.70.